The molecule has 0 saturated carbocycles. The highest BCUT2D eigenvalue weighted by Gasteiger charge is 2.32. The van der Waals surface area contributed by atoms with Crippen LogP contribution in [0.4, 0.5) is 8.78 Å². The van der Waals surface area contributed by atoms with Crippen molar-refractivity contribution in [1.82, 2.24) is 9.55 Å². The Morgan fingerprint density at radius 1 is 1.38 bits per heavy atom. The fraction of sp³-hybridized carbons (Fsp3) is 0.182. The Hall–Kier alpha value is -1.91. The van der Waals surface area contributed by atoms with Gasteiger partial charge in [-0.15, -0.1) is 0 Å². The first-order chi connectivity index (χ1) is 7.58. The van der Waals surface area contributed by atoms with E-state index in [1.165, 1.54) is 41.5 Å². The topological polar surface area (TPSA) is 38.0 Å². The lowest BCUT2D eigenvalue weighted by Gasteiger charge is -2.17. The summed E-state index contributed by atoms with van der Waals surface area (Å²) in [4.78, 5) is 3.70. The number of halogens is 2. The molecule has 0 aliphatic heterocycles. The van der Waals surface area contributed by atoms with Crippen LogP contribution < -0.4 is 0 Å². The molecule has 1 heterocycles. The van der Waals surface area contributed by atoms with Gasteiger partial charge in [0.05, 0.1) is 12.9 Å². The van der Waals surface area contributed by atoms with Crippen molar-refractivity contribution in [3.05, 3.63) is 48.5 Å². The molecule has 0 atom stereocenters. The number of nitrogens with zero attached hydrogens (tertiary/aromatic N) is 2. The van der Waals surface area contributed by atoms with Gasteiger partial charge in [-0.25, -0.2) is 4.98 Å². The quantitative estimate of drug-likeness (QED) is 0.869. The van der Waals surface area contributed by atoms with Crippen LogP contribution in [-0.2, 0) is 12.5 Å². The van der Waals surface area contributed by atoms with Crippen LogP contribution in [0.1, 0.15) is 5.56 Å². The first-order valence-corrected chi connectivity index (χ1v) is 4.71. The van der Waals surface area contributed by atoms with Crippen molar-refractivity contribution < 1.29 is 13.9 Å². The molecule has 5 heteroatoms. The third-order valence-corrected chi connectivity index (χ3v) is 2.21. The van der Waals surface area contributed by atoms with Crippen LogP contribution in [0.25, 0.3) is 0 Å². The van der Waals surface area contributed by atoms with E-state index in [9.17, 15) is 8.78 Å². The summed E-state index contributed by atoms with van der Waals surface area (Å²) in [5.41, 5.74) is -0.207. The Balaban J connectivity index is 2.24. The molecule has 0 aliphatic rings. The highest BCUT2D eigenvalue weighted by atomic mass is 19.3. The Labute approximate surface area is 91.0 Å². The number of phenols is 1. The summed E-state index contributed by atoms with van der Waals surface area (Å²) in [5.74, 6) is -3.19. The van der Waals surface area contributed by atoms with Gasteiger partial charge >= 0.3 is 0 Å². The maximum atomic E-state index is 13.7. The van der Waals surface area contributed by atoms with Gasteiger partial charge < -0.3 is 9.67 Å². The Morgan fingerprint density at radius 2 is 2.19 bits per heavy atom. The lowest BCUT2D eigenvalue weighted by molar-refractivity contribution is -0.0224. The summed E-state index contributed by atoms with van der Waals surface area (Å²) in [6.07, 6.45) is 4.24. The summed E-state index contributed by atoms with van der Waals surface area (Å²) in [5, 5.41) is 9.15. The number of rotatable bonds is 3. The van der Waals surface area contributed by atoms with Gasteiger partial charge in [0.1, 0.15) is 5.75 Å². The summed E-state index contributed by atoms with van der Waals surface area (Å²) < 4.78 is 28.8. The summed E-state index contributed by atoms with van der Waals surface area (Å²) in [7, 11) is 0. The van der Waals surface area contributed by atoms with Crippen LogP contribution in [-0.4, -0.2) is 14.7 Å². The monoisotopic (exact) mass is 224 g/mol. The second-order valence-electron chi connectivity index (χ2n) is 3.49. The SMILES string of the molecule is Oc1cccc(C(F)(F)Cn2ccnc2)c1. The lowest BCUT2D eigenvalue weighted by Crippen LogP contribution is -2.20. The van der Waals surface area contributed by atoms with E-state index in [1.807, 2.05) is 0 Å². The highest BCUT2D eigenvalue weighted by molar-refractivity contribution is 5.30. The summed E-state index contributed by atoms with van der Waals surface area (Å²) in [6.45, 7) is -0.490. The molecule has 16 heavy (non-hydrogen) atoms. The van der Waals surface area contributed by atoms with Gasteiger partial charge in [0.15, 0.2) is 0 Å². The van der Waals surface area contributed by atoms with Gasteiger partial charge in [-0.3, -0.25) is 0 Å². The number of alkyl halides is 2. The minimum Gasteiger partial charge on any atom is -0.508 e. The van der Waals surface area contributed by atoms with Crippen LogP contribution in [0, 0.1) is 0 Å². The number of aromatic hydroxyl groups is 1. The van der Waals surface area contributed by atoms with E-state index in [2.05, 4.69) is 4.98 Å². The van der Waals surface area contributed by atoms with Crippen molar-refractivity contribution in [2.75, 3.05) is 0 Å². The van der Waals surface area contributed by atoms with Crippen LogP contribution in [0.3, 0.4) is 0 Å². The minimum absolute atomic E-state index is 0.164. The second-order valence-corrected chi connectivity index (χ2v) is 3.49. The van der Waals surface area contributed by atoms with Crippen molar-refractivity contribution in [2.24, 2.45) is 0 Å². The van der Waals surface area contributed by atoms with Crippen molar-refractivity contribution in [1.29, 1.82) is 0 Å². The average Bonchev–Trinajstić information content (AvgIpc) is 2.70. The third kappa shape index (κ3) is 2.18. The number of phenolic OH excluding ortho intramolecular Hbond substituents is 1. The first kappa shape index (κ1) is 10.6. The van der Waals surface area contributed by atoms with Crippen LogP contribution in [0.2, 0.25) is 0 Å². The van der Waals surface area contributed by atoms with Gasteiger partial charge in [0.2, 0.25) is 0 Å². The van der Waals surface area contributed by atoms with E-state index < -0.39 is 12.5 Å². The number of hydrogen-bond donors (Lipinski definition) is 1. The molecular formula is C11H10F2N2O. The molecule has 0 unspecified atom stereocenters. The van der Waals surface area contributed by atoms with Crippen LogP contribution in [0.15, 0.2) is 43.0 Å². The van der Waals surface area contributed by atoms with E-state index >= 15 is 0 Å². The van der Waals surface area contributed by atoms with E-state index in [1.54, 1.807) is 0 Å². The molecular weight excluding hydrogens is 214 g/mol. The van der Waals surface area contributed by atoms with Gasteiger partial charge in [-0.05, 0) is 12.1 Å². The molecule has 1 aromatic carbocycles. The van der Waals surface area contributed by atoms with Gasteiger partial charge in [0, 0.05) is 18.0 Å². The fourth-order valence-electron chi connectivity index (χ4n) is 1.43. The molecule has 1 aromatic heterocycles. The fourth-order valence-corrected chi connectivity index (χ4v) is 1.43. The van der Waals surface area contributed by atoms with Crippen molar-refractivity contribution in [2.45, 2.75) is 12.5 Å². The maximum absolute atomic E-state index is 13.7. The Morgan fingerprint density at radius 3 is 2.81 bits per heavy atom. The predicted molar refractivity (Wildman–Crippen MR) is 54.2 cm³/mol. The molecule has 2 rings (SSSR count). The highest BCUT2D eigenvalue weighted by Crippen LogP contribution is 2.31. The van der Waals surface area contributed by atoms with E-state index in [4.69, 9.17) is 5.11 Å². The number of benzene rings is 1. The molecule has 0 amide bonds. The third-order valence-electron chi connectivity index (χ3n) is 2.21. The van der Waals surface area contributed by atoms with Crippen LogP contribution >= 0.6 is 0 Å². The molecule has 0 aliphatic carbocycles. The number of aromatic nitrogens is 2. The van der Waals surface area contributed by atoms with Crippen molar-refractivity contribution >= 4 is 0 Å². The van der Waals surface area contributed by atoms with Gasteiger partial charge in [-0.2, -0.15) is 8.78 Å². The smallest absolute Gasteiger partial charge is 0.290 e. The summed E-state index contributed by atoms with van der Waals surface area (Å²) >= 11 is 0. The molecule has 3 nitrogen and oxygen atoms in total. The average molecular weight is 224 g/mol. The first-order valence-electron chi connectivity index (χ1n) is 4.71. The molecule has 0 radical (unpaired) electrons. The summed E-state index contributed by atoms with van der Waals surface area (Å²) in [6, 6.07) is 5.11. The van der Waals surface area contributed by atoms with Crippen molar-refractivity contribution in [3.8, 4) is 5.75 Å². The molecule has 0 fully saturated rings. The minimum atomic E-state index is -3.03. The normalized spacial score (nSPS) is 11.6. The number of hydrogen-bond acceptors (Lipinski definition) is 2. The van der Waals surface area contributed by atoms with E-state index in [0.717, 1.165) is 6.07 Å². The standard InChI is InChI=1S/C11H10F2N2O/c12-11(13,7-15-5-4-14-8-15)9-2-1-3-10(16)6-9/h1-6,8,16H,7H2. The van der Waals surface area contributed by atoms with Crippen LogP contribution in [0.5, 0.6) is 5.75 Å². The molecule has 1 N–H and O–H groups in total. The maximum Gasteiger partial charge on any atom is 0.290 e. The largest absolute Gasteiger partial charge is 0.508 e. The van der Waals surface area contributed by atoms with Crippen molar-refractivity contribution in [3.63, 3.8) is 0 Å². The second kappa shape index (κ2) is 3.92. The molecule has 84 valence electrons. The van der Waals surface area contributed by atoms with E-state index in [0.29, 0.717) is 0 Å². The number of imidazole rings is 1. The molecule has 0 saturated heterocycles. The Bertz CT molecular complexity index is 469. The zero-order valence-electron chi connectivity index (χ0n) is 8.35. The zero-order chi connectivity index (χ0) is 11.6. The van der Waals surface area contributed by atoms with E-state index in [-0.39, 0.29) is 11.3 Å². The Kier molecular flexibility index (Phi) is 2.60. The van der Waals surface area contributed by atoms with Gasteiger partial charge in [-0.1, -0.05) is 12.1 Å². The zero-order valence-corrected chi connectivity index (χ0v) is 8.35. The molecule has 2 aromatic rings. The van der Waals surface area contributed by atoms with Gasteiger partial charge in [0.25, 0.3) is 5.92 Å². The predicted octanol–water partition coefficient (Wildman–Crippen LogP) is 2.38. The lowest BCUT2D eigenvalue weighted by atomic mass is 10.1. The molecule has 0 spiro atoms. The molecule has 0 bridgehead atoms.